The molecule has 5 rings (SSSR count). The van der Waals surface area contributed by atoms with Crippen molar-refractivity contribution >= 4 is 106 Å². The van der Waals surface area contributed by atoms with E-state index in [1.165, 1.54) is 0 Å². The SMILES string of the molecule is Nc1c(N=Nc2ccc3c(S(=O)(=O)O)cccc3c2S(=O)(=O)O)cc(S(=O)(=O)O)c2cc(S(=O)(=O)O)c(N=Nc3ccc([N+](=O)[O-])cc3S(=O)(=O)O)c(O)c12. The number of phenolic OH excluding ortho intramolecular Hbond substituents is 1. The second kappa shape index (κ2) is 13.6. The molecule has 0 amide bonds. The predicted molar refractivity (Wildman–Crippen MR) is 184 cm³/mol. The van der Waals surface area contributed by atoms with Gasteiger partial charge >= 0.3 is 0 Å². The third-order valence-electron chi connectivity index (χ3n) is 7.32. The Kier molecular flexibility index (Phi) is 10.0. The Bertz CT molecular complexity index is 3170. The molecular weight excluding hydrogens is 845 g/mol. The number of anilines is 1. The van der Waals surface area contributed by atoms with E-state index in [-0.39, 0.29) is 0 Å². The summed E-state index contributed by atoms with van der Waals surface area (Å²) in [5.41, 5.74) is 0.650. The number of phenols is 1. The van der Waals surface area contributed by atoms with Gasteiger partial charge in [0.25, 0.3) is 56.3 Å². The first-order valence-electron chi connectivity index (χ1n) is 13.8. The minimum atomic E-state index is -5.55. The molecule has 0 heterocycles. The zero-order valence-corrected chi connectivity index (χ0v) is 30.3. The summed E-state index contributed by atoms with van der Waals surface area (Å²) in [6, 6.07) is 7.13. The van der Waals surface area contributed by atoms with Crippen LogP contribution >= 0.6 is 0 Å². The van der Waals surface area contributed by atoms with Crippen LogP contribution in [0.3, 0.4) is 0 Å². The Morgan fingerprint density at radius 3 is 1.64 bits per heavy atom. The molecule has 0 aliphatic carbocycles. The van der Waals surface area contributed by atoms with Gasteiger partial charge in [0.15, 0.2) is 5.75 Å². The van der Waals surface area contributed by atoms with Gasteiger partial charge in [0.2, 0.25) is 0 Å². The lowest BCUT2D eigenvalue weighted by Crippen LogP contribution is -2.04. The van der Waals surface area contributed by atoms with Crippen molar-refractivity contribution in [2.75, 3.05) is 5.73 Å². The Balaban J connectivity index is 1.83. The highest BCUT2D eigenvalue weighted by Crippen LogP contribution is 2.49. The summed E-state index contributed by atoms with van der Waals surface area (Å²) in [5, 5.41) is 33.7. The highest BCUT2D eigenvalue weighted by Gasteiger charge is 2.30. The molecule has 290 valence electrons. The maximum Gasteiger partial charge on any atom is 0.297 e. The molecule has 0 saturated heterocycles. The summed E-state index contributed by atoms with van der Waals surface area (Å²) >= 11 is 0. The van der Waals surface area contributed by atoms with Crippen LogP contribution in [0.4, 0.5) is 34.1 Å². The van der Waals surface area contributed by atoms with E-state index in [0.717, 1.165) is 30.3 Å². The molecule has 0 atom stereocenters. The van der Waals surface area contributed by atoms with E-state index in [1.54, 1.807) is 0 Å². The van der Waals surface area contributed by atoms with Gasteiger partial charge in [-0.1, -0.05) is 18.2 Å². The van der Waals surface area contributed by atoms with Crippen LogP contribution in [0.1, 0.15) is 0 Å². The van der Waals surface area contributed by atoms with Crippen LogP contribution in [0.5, 0.6) is 5.75 Å². The van der Waals surface area contributed by atoms with Gasteiger partial charge in [-0.3, -0.25) is 32.9 Å². The molecule has 29 heteroatoms. The maximum absolute atomic E-state index is 12.5. The van der Waals surface area contributed by atoms with E-state index in [0.29, 0.717) is 30.3 Å². The van der Waals surface area contributed by atoms with Crippen molar-refractivity contribution in [2.45, 2.75) is 24.5 Å². The average molecular weight is 863 g/mol. The molecule has 5 aromatic rings. The molecule has 0 fully saturated rings. The standard InChI is InChI=1S/C26H18N6O18S5/c27-23-17(30-29-16-7-5-12-13(26(16)55(48,49)50)2-1-3-18(12)51(36,37)38)10-19(52(39,40)41)14-9-21(54(45,46)47)24(25(33)22(14)23)31-28-15-6-4-11(32(34)35)8-20(15)53(42,43)44/h1-10,33H,27H2,(H,36,37,38)(H,39,40,41)(H,42,43,44)(H,45,46,47)(H,48,49,50). The molecule has 0 aliphatic heterocycles. The number of hydrogen-bond donors (Lipinski definition) is 7. The van der Waals surface area contributed by atoms with Gasteiger partial charge in [-0.25, -0.2) is 0 Å². The number of rotatable bonds is 10. The second-order valence-electron chi connectivity index (χ2n) is 10.8. The molecule has 0 aromatic heterocycles. The van der Waals surface area contributed by atoms with E-state index >= 15 is 0 Å². The summed E-state index contributed by atoms with van der Waals surface area (Å²) in [7, 11) is -26.6. The molecule has 0 aliphatic rings. The van der Waals surface area contributed by atoms with Crippen molar-refractivity contribution in [1.82, 2.24) is 0 Å². The molecule has 55 heavy (non-hydrogen) atoms. The Morgan fingerprint density at radius 2 is 1.09 bits per heavy atom. The number of benzene rings is 5. The summed E-state index contributed by atoms with van der Waals surface area (Å²) in [4.78, 5) is 4.29. The van der Waals surface area contributed by atoms with Gasteiger partial charge in [-0.15, -0.1) is 20.5 Å². The number of fused-ring (bicyclic) bond motifs is 2. The summed E-state index contributed by atoms with van der Waals surface area (Å²) in [5.74, 6) is -1.45. The molecular formula is C26H18N6O18S5. The predicted octanol–water partition coefficient (Wildman–Crippen LogP) is 4.25. The number of hydrogen-bond acceptors (Lipinski definition) is 18. The van der Waals surface area contributed by atoms with Crippen molar-refractivity contribution in [3.05, 3.63) is 70.8 Å². The number of aromatic hydroxyl groups is 1. The molecule has 5 aromatic carbocycles. The van der Waals surface area contributed by atoms with Gasteiger partial charge in [-0.05, 0) is 30.3 Å². The topological polar surface area (TPSA) is 411 Å². The fraction of sp³-hybridized carbons (Fsp3) is 0. The number of azo groups is 2. The zero-order valence-electron chi connectivity index (χ0n) is 26.2. The van der Waals surface area contributed by atoms with E-state index in [9.17, 15) is 80.1 Å². The molecule has 0 spiro atoms. The van der Waals surface area contributed by atoms with Crippen LogP contribution in [-0.2, 0) is 50.6 Å². The summed E-state index contributed by atoms with van der Waals surface area (Å²) in [6.45, 7) is 0. The van der Waals surface area contributed by atoms with Crippen molar-refractivity contribution in [2.24, 2.45) is 20.5 Å². The second-order valence-corrected chi connectivity index (χ2v) is 17.7. The Hall–Kier alpha value is -5.63. The highest BCUT2D eigenvalue weighted by atomic mass is 32.2. The monoisotopic (exact) mass is 862 g/mol. The van der Waals surface area contributed by atoms with E-state index in [2.05, 4.69) is 20.5 Å². The van der Waals surface area contributed by atoms with Gasteiger partial charge < -0.3 is 10.8 Å². The minimum Gasteiger partial charge on any atom is -0.505 e. The van der Waals surface area contributed by atoms with Crippen LogP contribution in [-0.4, -0.2) is 74.9 Å². The molecule has 0 bridgehead atoms. The lowest BCUT2D eigenvalue weighted by molar-refractivity contribution is -0.385. The first-order valence-corrected chi connectivity index (χ1v) is 21.0. The van der Waals surface area contributed by atoms with Gasteiger partial charge in [0.05, 0.1) is 16.0 Å². The van der Waals surface area contributed by atoms with Crippen LogP contribution in [0, 0.1) is 10.1 Å². The van der Waals surface area contributed by atoms with Crippen molar-refractivity contribution in [1.29, 1.82) is 0 Å². The third-order valence-corrected chi connectivity index (χ3v) is 11.8. The van der Waals surface area contributed by atoms with E-state index in [4.69, 9.17) is 5.73 Å². The Morgan fingerprint density at radius 1 is 0.545 bits per heavy atom. The van der Waals surface area contributed by atoms with Crippen LogP contribution in [0.15, 0.2) is 106 Å². The normalized spacial score (nSPS) is 13.3. The number of nitrogen functional groups attached to an aromatic ring is 1. The maximum atomic E-state index is 12.5. The number of non-ortho nitro benzene ring substituents is 1. The first-order chi connectivity index (χ1) is 25.1. The van der Waals surface area contributed by atoms with Crippen LogP contribution in [0.2, 0.25) is 0 Å². The molecule has 0 radical (unpaired) electrons. The van der Waals surface area contributed by atoms with Crippen LogP contribution in [0.25, 0.3) is 21.5 Å². The number of nitrogens with zero attached hydrogens (tertiary/aromatic N) is 5. The average Bonchev–Trinajstić information content (AvgIpc) is 3.04. The molecule has 24 nitrogen and oxygen atoms in total. The number of nitro benzene ring substituents is 1. The molecule has 8 N–H and O–H groups in total. The first kappa shape index (κ1) is 40.6. The van der Waals surface area contributed by atoms with Crippen LogP contribution < -0.4 is 5.73 Å². The lowest BCUT2D eigenvalue weighted by Gasteiger charge is -2.14. The fourth-order valence-corrected chi connectivity index (χ4v) is 8.61. The largest absolute Gasteiger partial charge is 0.505 e. The Labute approximate surface area is 307 Å². The van der Waals surface area contributed by atoms with Gasteiger partial charge in [-0.2, -0.15) is 42.1 Å². The van der Waals surface area contributed by atoms with Gasteiger partial charge in [0.1, 0.15) is 47.2 Å². The van der Waals surface area contributed by atoms with Crippen molar-refractivity contribution in [3.8, 4) is 5.75 Å². The fourth-order valence-electron chi connectivity index (χ4n) is 5.08. The summed E-state index contributed by atoms with van der Waals surface area (Å²) in [6.07, 6.45) is 0. The van der Waals surface area contributed by atoms with Gasteiger partial charge in [0, 0.05) is 28.3 Å². The van der Waals surface area contributed by atoms with Crippen molar-refractivity contribution < 1.29 is 74.9 Å². The summed E-state index contributed by atoms with van der Waals surface area (Å²) < 4.78 is 171. The van der Waals surface area contributed by atoms with E-state index < -0.39 is 141 Å². The molecule has 0 saturated carbocycles. The quantitative estimate of drug-likeness (QED) is 0.0339. The van der Waals surface area contributed by atoms with Crippen molar-refractivity contribution in [3.63, 3.8) is 0 Å². The zero-order chi connectivity index (χ0) is 41.2. The molecule has 0 unspecified atom stereocenters. The highest BCUT2D eigenvalue weighted by molar-refractivity contribution is 7.87. The minimum absolute atomic E-state index is 0.325. The number of nitro groups is 1. The number of nitrogens with two attached hydrogens (primary N) is 1. The third kappa shape index (κ3) is 7.95. The smallest absolute Gasteiger partial charge is 0.297 e. The lowest BCUT2D eigenvalue weighted by atomic mass is 10.0. The van der Waals surface area contributed by atoms with E-state index in [1.807, 2.05) is 0 Å².